The van der Waals surface area contributed by atoms with Crippen LogP contribution in [0.25, 0.3) is 0 Å². The molecule has 1 aliphatic carbocycles. The Bertz CT molecular complexity index is 409. The number of hydrogen-bond donors (Lipinski definition) is 0. The van der Waals surface area contributed by atoms with Crippen molar-refractivity contribution in [2.45, 2.75) is 64.6 Å². The smallest absolute Gasteiger partial charge is 0.142 e. The van der Waals surface area contributed by atoms with E-state index in [-0.39, 0.29) is 22.5 Å². The minimum atomic E-state index is -0.265. The summed E-state index contributed by atoms with van der Waals surface area (Å²) < 4.78 is 6.29. The van der Waals surface area contributed by atoms with Gasteiger partial charge in [0.1, 0.15) is 5.78 Å². The van der Waals surface area contributed by atoms with E-state index in [0.29, 0.717) is 12.2 Å². The van der Waals surface area contributed by atoms with Gasteiger partial charge in [0.05, 0.1) is 17.1 Å². The van der Waals surface area contributed by atoms with Gasteiger partial charge in [0.15, 0.2) is 0 Å². The van der Waals surface area contributed by atoms with Crippen molar-refractivity contribution in [3.63, 3.8) is 0 Å². The third-order valence-corrected chi connectivity index (χ3v) is 5.27. The fraction of sp³-hybridized carbons (Fsp3) is 0.800. The van der Waals surface area contributed by atoms with E-state index in [1.807, 2.05) is 0 Å². The Morgan fingerprint density at radius 2 is 2.00 bits per heavy atom. The first-order valence-corrected chi connectivity index (χ1v) is 6.67. The standard InChI is InChI=1S/C15H22O2/c1-10-7-15-9-13(2,3)8-12(16)14(15,4)6-5-11(10)17-15/h11H,1,5-9H2,2-4H3/t11-,14+,15+/m1/s1. The van der Waals surface area contributed by atoms with E-state index in [2.05, 4.69) is 27.4 Å². The molecule has 0 unspecified atom stereocenters. The summed E-state index contributed by atoms with van der Waals surface area (Å²) in [6.07, 6.45) is 4.76. The van der Waals surface area contributed by atoms with Gasteiger partial charge < -0.3 is 4.74 Å². The van der Waals surface area contributed by atoms with E-state index >= 15 is 0 Å². The lowest BCUT2D eigenvalue weighted by Gasteiger charge is -2.55. The molecule has 3 rings (SSSR count). The highest BCUT2D eigenvalue weighted by molar-refractivity contribution is 5.88. The van der Waals surface area contributed by atoms with Crippen LogP contribution in [-0.2, 0) is 9.53 Å². The van der Waals surface area contributed by atoms with Crippen LogP contribution in [0.3, 0.4) is 0 Å². The maximum atomic E-state index is 12.5. The van der Waals surface area contributed by atoms with Crippen molar-refractivity contribution >= 4 is 5.78 Å². The maximum absolute atomic E-state index is 12.5. The Morgan fingerprint density at radius 1 is 1.29 bits per heavy atom. The molecule has 17 heavy (non-hydrogen) atoms. The van der Waals surface area contributed by atoms with Gasteiger partial charge in [0.2, 0.25) is 0 Å². The SMILES string of the molecule is C=C1C[C@]23CC(C)(C)CC(=O)[C@]2(C)CC[C@H]1O3. The first-order valence-electron chi connectivity index (χ1n) is 6.67. The lowest BCUT2D eigenvalue weighted by molar-refractivity contribution is -0.198. The normalized spacial score (nSPS) is 48.1. The number of Topliss-reactive ketones (excluding diaryl/α,β-unsaturated/α-hetero) is 1. The predicted molar refractivity (Wildman–Crippen MR) is 66.7 cm³/mol. The zero-order valence-corrected chi connectivity index (χ0v) is 11.1. The molecule has 0 aromatic carbocycles. The predicted octanol–water partition coefficient (Wildman–Crippen LogP) is 3.26. The lowest BCUT2D eigenvalue weighted by atomic mass is 9.54. The fourth-order valence-corrected chi connectivity index (χ4v) is 4.27. The first kappa shape index (κ1) is 11.5. The van der Waals surface area contributed by atoms with Gasteiger partial charge in [-0.15, -0.1) is 0 Å². The molecule has 2 heterocycles. The Balaban J connectivity index is 2.08. The average Bonchev–Trinajstić information content (AvgIpc) is 2.44. The zero-order chi connectivity index (χ0) is 12.5. The molecule has 3 atom stereocenters. The lowest BCUT2D eigenvalue weighted by Crippen LogP contribution is -2.60. The molecule has 1 saturated carbocycles. The minimum absolute atomic E-state index is 0.0725. The molecule has 1 spiro atoms. The Hall–Kier alpha value is -0.630. The molecule has 2 saturated heterocycles. The van der Waals surface area contributed by atoms with Crippen molar-refractivity contribution in [2.75, 3.05) is 0 Å². The second-order valence-corrected chi connectivity index (χ2v) is 7.25. The summed E-state index contributed by atoms with van der Waals surface area (Å²) in [5, 5.41) is 0. The Morgan fingerprint density at radius 3 is 2.71 bits per heavy atom. The first-order chi connectivity index (χ1) is 7.78. The van der Waals surface area contributed by atoms with Crippen molar-refractivity contribution in [2.24, 2.45) is 10.8 Å². The summed E-state index contributed by atoms with van der Waals surface area (Å²) in [7, 11) is 0. The number of carbonyl (C=O) groups excluding carboxylic acids is 1. The molecular formula is C15H22O2. The summed E-state index contributed by atoms with van der Waals surface area (Å²) in [6.45, 7) is 10.7. The van der Waals surface area contributed by atoms with Gasteiger partial charge in [-0.3, -0.25) is 4.79 Å². The summed E-state index contributed by atoms with van der Waals surface area (Å²) in [5.41, 5.74) is 0.771. The number of ether oxygens (including phenoxy) is 1. The summed E-state index contributed by atoms with van der Waals surface area (Å²) in [6, 6.07) is 0. The van der Waals surface area contributed by atoms with Crippen LogP contribution in [0, 0.1) is 10.8 Å². The summed E-state index contributed by atoms with van der Waals surface area (Å²) in [5.74, 6) is 0.405. The second kappa shape index (κ2) is 3.03. The topological polar surface area (TPSA) is 26.3 Å². The van der Waals surface area contributed by atoms with Crippen LogP contribution in [-0.4, -0.2) is 17.5 Å². The van der Waals surface area contributed by atoms with E-state index in [1.54, 1.807) is 0 Å². The Labute approximate surface area is 103 Å². The van der Waals surface area contributed by atoms with Crippen LogP contribution in [0.1, 0.15) is 52.9 Å². The molecular weight excluding hydrogens is 212 g/mol. The van der Waals surface area contributed by atoms with Crippen molar-refractivity contribution in [1.29, 1.82) is 0 Å². The monoisotopic (exact) mass is 234 g/mol. The van der Waals surface area contributed by atoms with Crippen molar-refractivity contribution < 1.29 is 9.53 Å². The van der Waals surface area contributed by atoms with Crippen LogP contribution in [0.5, 0.6) is 0 Å². The zero-order valence-electron chi connectivity index (χ0n) is 11.1. The van der Waals surface area contributed by atoms with Crippen LogP contribution in [0.4, 0.5) is 0 Å². The van der Waals surface area contributed by atoms with E-state index in [0.717, 1.165) is 25.7 Å². The van der Waals surface area contributed by atoms with Crippen LogP contribution in [0.15, 0.2) is 12.2 Å². The number of rotatable bonds is 0. The fourth-order valence-electron chi connectivity index (χ4n) is 4.27. The molecule has 0 radical (unpaired) electrons. The third kappa shape index (κ3) is 1.33. The third-order valence-electron chi connectivity index (χ3n) is 5.27. The van der Waals surface area contributed by atoms with E-state index in [1.165, 1.54) is 5.57 Å². The Kier molecular flexibility index (Phi) is 2.04. The highest BCUT2D eigenvalue weighted by Crippen LogP contribution is 2.62. The second-order valence-electron chi connectivity index (χ2n) is 7.25. The van der Waals surface area contributed by atoms with E-state index < -0.39 is 0 Å². The van der Waals surface area contributed by atoms with Crippen LogP contribution < -0.4 is 0 Å². The molecule has 0 amide bonds. The average molecular weight is 234 g/mol. The van der Waals surface area contributed by atoms with Crippen molar-refractivity contribution in [1.82, 2.24) is 0 Å². The van der Waals surface area contributed by atoms with Crippen LogP contribution in [0.2, 0.25) is 0 Å². The van der Waals surface area contributed by atoms with Gasteiger partial charge in [-0.2, -0.15) is 0 Å². The molecule has 0 aromatic rings. The van der Waals surface area contributed by atoms with Crippen LogP contribution >= 0.6 is 0 Å². The van der Waals surface area contributed by atoms with Gasteiger partial charge in [0, 0.05) is 12.8 Å². The highest BCUT2D eigenvalue weighted by Gasteiger charge is 2.65. The van der Waals surface area contributed by atoms with Gasteiger partial charge in [-0.05, 0) is 37.2 Å². The molecule has 0 N–H and O–H groups in total. The van der Waals surface area contributed by atoms with Gasteiger partial charge >= 0.3 is 0 Å². The molecule has 0 aromatic heterocycles. The number of hydrogen-bond acceptors (Lipinski definition) is 2. The highest BCUT2D eigenvalue weighted by atomic mass is 16.5. The van der Waals surface area contributed by atoms with Crippen molar-refractivity contribution in [3.05, 3.63) is 12.2 Å². The molecule has 94 valence electrons. The van der Waals surface area contributed by atoms with Crippen molar-refractivity contribution in [3.8, 4) is 0 Å². The van der Waals surface area contributed by atoms with Gasteiger partial charge in [-0.1, -0.05) is 20.4 Å². The number of ketones is 1. The molecule has 3 fully saturated rings. The minimum Gasteiger partial charge on any atom is -0.366 e. The molecule has 2 aliphatic heterocycles. The quantitative estimate of drug-likeness (QED) is 0.601. The molecule has 3 aliphatic rings. The number of carbonyl (C=O) groups is 1. The molecule has 2 heteroatoms. The van der Waals surface area contributed by atoms with E-state index in [4.69, 9.17) is 4.74 Å². The molecule has 2 nitrogen and oxygen atoms in total. The summed E-state index contributed by atoms with van der Waals surface area (Å²) in [4.78, 5) is 12.5. The molecule has 2 bridgehead atoms. The van der Waals surface area contributed by atoms with Gasteiger partial charge in [-0.25, -0.2) is 0 Å². The maximum Gasteiger partial charge on any atom is 0.142 e. The number of fused-ring (bicyclic) bond motifs is 1. The van der Waals surface area contributed by atoms with E-state index in [9.17, 15) is 4.79 Å². The summed E-state index contributed by atoms with van der Waals surface area (Å²) >= 11 is 0. The largest absolute Gasteiger partial charge is 0.366 e. The van der Waals surface area contributed by atoms with Gasteiger partial charge in [0.25, 0.3) is 0 Å².